The van der Waals surface area contributed by atoms with Gasteiger partial charge in [-0.1, -0.05) is 29.8 Å². The molecule has 0 spiro atoms. The van der Waals surface area contributed by atoms with Crippen LogP contribution in [0.1, 0.15) is 24.0 Å². The Morgan fingerprint density at radius 3 is 2.67 bits per heavy atom. The lowest BCUT2D eigenvalue weighted by Gasteiger charge is -2.22. The summed E-state index contributed by atoms with van der Waals surface area (Å²) in [6.45, 7) is 2.98. The normalized spacial score (nSPS) is 14.1. The summed E-state index contributed by atoms with van der Waals surface area (Å²) in [7, 11) is 0. The molecule has 0 aliphatic heterocycles. The number of amides is 1. The number of aromatic nitrogens is 2. The zero-order valence-corrected chi connectivity index (χ0v) is 12.2. The number of nitrogens with two attached hydrogens (primary N) is 1. The molecule has 5 nitrogen and oxygen atoms in total. The van der Waals surface area contributed by atoms with Gasteiger partial charge in [-0.15, -0.1) is 0 Å². The molecule has 1 amide bonds. The average Bonchev–Trinajstić information content (AvgIpc) is 3.21. The average molecular weight is 284 g/mol. The van der Waals surface area contributed by atoms with Crippen LogP contribution in [0.3, 0.4) is 0 Å². The van der Waals surface area contributed by atoms with Crippen molar-refractivity contribution in [3.63, 3.8) is 0 Å². The first-order valence-corrected chi connectivity index (χ1v) is 7.25. The van der Waals surface area contributed by atoms with E-state index >= 15 is 0 Å². The molecule has 1 saturated carbocycles. The van der Waals surface area contributed by atoms with Gasteiger partial charge in [0.2, 0.25) is 5.91 Å². The second-order valence-electron chi connectivity index (χ2n) is 5.71. The molecule has 5 heteroatoms. The highest BCUT2D eigenvalue weighted by Crippen LogP contribution is 2.28. The van der Waals surface area contributed by atoms with Crippen molar-refractivity contribution in [3.8, 4) is 0 Å². The highest BCUT2D eigenvalue weighted by atomic mass is 16.2. The molecule has 21 heavy (non-hydrogen) atoms. The summed E-state index contributed by atoms with van der Waals surface area (Å²) in [5.41, 5.74) is 8.61. The zero-order valence-electron chi connectivity index (χ0n) is 12.2. The topological polar surface area (TPSA) is 64.2 Å². The number of nitrogen functional groups attached to an aromatic ring is 1. The van der Waals surface area contributed by atoms with E-state index in [0.717, 1.165) is 12.8 Å². The summed E-state index contributed by atoms with van der Waals surface area (Å²) in [5.74, 6) is 0.0983. The SMILES string of the molecule is Cc1ccc(CN(C(=O)Cn2cc(N)cn2)C2CC2)cc1. The number of aryl methyl sites for hydroxylation is 1. The van der Waals surface area contributed by atoms with Crippen LogP contribution in [0, 0.1) is 6.92 Å². The summed E-state index contributed by atoms with van der Waals surface area (Å²) in [5, 5.41) is 4.08. The molecule has 3 rings (SSSR count). The van der Waals surface area contributed by atoms with Crippen LogP contribution in [0.5, 0.6) is 0 Å². The summed E-state index contributed by atoms with van der Waals surface area (Å²) in [6.07, 6.45) is 5.45. The minimum absolute atomic E-state index is 0.0983. The summed E-state index contributed by atoms with van der Waals surface area (Å²) in [6, 6.07) is 8.72. The summed E-state index contributed by atoms with van der Waals surface area (Å²) in [4.78, 5) is 14.5. The van der Waals surface area contributed by atoms with E-state index < -0.39 is 0 Å². The Bertz CT molecular complexity index is 628. The van der Waals surface area contributed by atoms with Crippen LogP contribution in [-0.2, 0) is 17.9 Å². The van der Waals surface area contributed by atoms with Gasteiger partial charge >= 0.3 is 0 Å². The Labute approximate surface area is 124 Å². The minimum atomic E-state index is 0.0983. The Balaban J connectivity index is 1.69. The predicted octanol–water partition coefficient (Wildman–Crippen LogP) is 1.96. The van der Waals surface area contributed by atoms with Crippen molar-refractivity contribution in [3.05, 3.63) is 47.8 Å². The number of carbonyl (C=O) groups is 1. The van der Waals surface area contributed by atoms with Gasteiger partial charge in [-0.2, -0.15) is 5.10 Å². The molecule has 1 aromatic carbocycles. The molecule has 1 aliphatic carbocycles. The van der Waals surface area contributed by atoms with Crippen molar-refractivity contribution in [2.75, 3.05) is 5.73 Å². The zero-order chi connectivity index (χ0) is 14.8. The van der Waals surface area contributed by atoms with Gasteiger partial charge in [-0.3, -0.25) is 9.48 Å². The molecule has 0 atom stereocenters. The monoisotopic (exact) mass is 284 g/mol. The van der Waals surface area contributed by atoms with Gasteiger partial charge < -0.3 is 10.6 Å². The van der Waals surface area contributed by atoms with E-state index in [1.807, 2.05) is 4.90 Å². The first kappa shape index (κ1) is 13.7. The Morgan fingerprint density at radius 1 is 1.38 bits per heavy atom. The molecule has 110 valence electrons. The van der Waals surface area contributed by atoms with Gasteiger partial charge in [-0.25, -0.2) is 0 Å². The first-order chi connectivity index (χ1) is 10.1. The Hall–Kier alpha value is -2.30. The quantitative estimate of drug-likeness (QED) is 0.913. The standard InChI is InChI=1S/C16H20N4O/c1-12-2-4-13(5-3-12)9-20(15-6-7-15)16(21)11-19-10-14(17)8-18-19/h2-5,8,10,15H,6-7,9,11,17H2,1H3. The number of carbonyl (C=O) groups excluding carboxylic acids is 1. The lowest BCUT2D eigenvalue weighted by Crippen LogP contribution is -2.35. The first-order valence-electron chi connectivity index (χ1n) is 7.25. The van der Waals surface area contributed by atoms with Crippen LogP contribution in [-0.4, -0.2) is 26.6 Å². The van der Waals surface area contributed by atoms with Crippen LogP contribution < -0.4 is 5.73 Å². The Morgan fingerprint density at radius 2 is 2.10 bits per heavy atom. The highest BCUT2D eigenvalue weighted by Gasteiger charge is 2.32. The van der Waals surface area contributed by atoms with Gasteiger partial charge in [0.05, 0.1) is 11.9 Å². The summed E-state index contributed by atoms with van der Waals surface area (Å²) >= 11 is 0. The third-order valence-corrected chi connectivity index (χ3v) is 3.73. The fourth-order valence-electron chi connectivity index (χ4n) is 2.39. The second-order valence-corrected chi connectivity index (χ2v) is 5.71. The maximum absolute atomic E-state index is 12.5. The smallest absolute Gasteiger partial charge is 0.244 e. The van der Waals surface area contributed by atoms with E-state index in [-0.39, 0.29) is 12.5 Å². The predicted molar refractivity (Wildman–Crippen MR) is 81.4 cm³/mol. The van der Waals surface area contributed by atoms with Crippen molar-refractivity contribution in [1.29, 1.82) is 0 Å². The van der Waals surface area contributed by atoms with Crippen LogP contribution >= 0.6 is 0 Å². The molecule has 1 heterocycles. The molecule has 0 bridgehead atoms. The fraction of sp³-hybridized carbons (Fsp3) is 0.375. The highest BCUT2D eigenvalue weighted by molar-refractivity contribution is 5.76. The van der Waals surface area contributed by atoms with E-state index in [2.05, 4.69) is 36.3 Å². The molecule has 1 aliphatic rings. The van der Waals surface area contributed by atoms with Gasteiger partial charge in [-0.05, 0) is 25.3 Å². The number of anilines is 1. The van der Waals surface area contributed by atoms with Crippen molar-refractivity contribution < 1.29 is 4.79 Å². The van der Waals surface area contributed by atoms with Gasteiger partial charge in [0.15, 0.2) is 0 Å². The van der Waals surface area contributed by atoms with Gasteiger partial charge in [0.25, 0.3) is 0 Å². The van der Waals surface area contributed by atoms with Crippen molar-refractivity contribution in [2.24, 2.45) is 0 Å². The lowest BCUT2D eigenvalue weighted by atomic mass is 10.1. The molecule has 2 aromatic rings. The Kier molecular flexibility index (Phi) is 3.64. The molecule has 0 radical (unpaired) electrons. The number of benzene rings is 1. The van der Waals surface area contributed by atoms with E-state index in [0.29, 0.717) is 18.3 Å². The molecule has 1 aromatic heterocycles. The van der Waals surface area contributed by atoms with Crippen LogP contribution in [0.15, 0.2) is 36.7 Å². The third kappa shape index (κ3) is 3.42. The number of rotatable bonds is 5. The fourth-order valence-corrected chi connectivity index (χ4v) is 2.39. The summed E-state index contributed by atoms with van der Waals surface area (Å²) < 4.78 is 1.60. The van der Waals surface area contributed by atoms with Crippen LogP contribution in [0.2, 0.25) is 0 Å². The minimum Gasteiger partial charge on any atom is -0.396 e. The largest absolute Gasteiger partial charge is 0.396 e. The second kappa shape index (κ2) is 5.60. The van der Waals surface area contributed by atoms with Crippen molar-refractivity contribution in [2.45, 2.75) is 38.9 Å². The molecule has 1 fully saturated rings. The maximum Gasteiger partial charge on any atom is 0.244 e. The van der Waals surface area contributed by atoms with Crippen LogP contribution in [0.25, 0.3) is 0 Å². The van der Waals surface area contributed by atoms with E-state index in [1.165, 1.54) is 11.1 Å². The molecular weight excluding hydrogens is 264 g/mol. The van der Waals surface area contributed by atoms with Crippen molar-refractivity contribution >= 4 is 11.6 Å². The third-order valence-electron chi connectivity index (χ3n) is 3.73. The molecule has 0 unspecified atom stereocenters. The van der Waals surface area contributed by atoms with E-state index in [4.69, 9.17) is 5.73 Å². The molecular formula is C16H20N4O. The van der Waals surface area contributed by atoms with E-state index in [9.17, 15) is 4.79 Å². The van der Waals surface area contributed by atoms with E-state index in [1.54, 1.807) is 17.1 Å². The van der Waals surface area contributed by atoms with Gasteiger partial charge in [0.1, 0.15) is 6.54 Å². The van der Waals surface area contributed by atoms with Crippen molar-refractivity contribution in [1.82, 2.24) is 14.7 Å². The molecule has 2 N–H and O–H groups in total. The number of hydrogen-bond acceptors (Lipinski definition) is 3. The molecule has 0 saturated heterocycles. The lowest BCUT2D eigenvalue weighted by molar-refractivity contribution is -0.133. The number of hydrogen-bond donors (Lipinski definition) is 1. The number of nitrogens with zero attached hydrogens (tertiary/aromatic N) is 3. The van der Waals surface area contributed by atoms with Crippen LogP contribution in [0.4, 0.5) is 5.69 Å². The van der Waals surface area contributed by atoms with Gasteiger partial charge in [0, 0.05) is 18.8 Å². The maximum atomic E-state index is 12.5.